The summed E-state index contributed by atoms with van der Waals surface area (Å²) in [5.74, 6) is 1.07. The normalized spacial score (nSPS) is 12.1. The molecule has 0 fully saturated rings. The van der Waals surface area contributed by atoms with Crippen molar-refractivity contribution in [3.63, 3.8) is 0 Å². The van der Waals surface area contributed by atoms with E-state index in [4.69, 9.17) is 9.47 Å². The maximum absolute atomic E-state index is 5.58. The SMILES string of the molecule is CCNc1nc(OC(C)COC)nc(N(C)C)n1. The number of methoxy groups -OCH3 is 1. The fourth-order valence-corrected chi connectivity index (χ4v) is 1.28. The summed E-state index contributed by atoms with van der Waals surface area (Å²) in [6, 6.07) is 0.300. The zero-order chi connectivity index (χ0) is 13.5. The molecule has 0 saturated heterocycles. The van der Waals surface area contributed by atoms with Gasteiger partial charge in [0.15, 0.2) is 0 Å². The maximum Gasteiger partial charge on any atom is 0.323 e. The van der Waals surface area contributed by atoms with Crippen LogP contribution >= 0.6 is 0 Å². The van der Waals surface area contributed by atoms with Gasteiger partial charge in [-0.2, -0.15) is 15.0 Å². The third-order valence-corrected chi connectivity index (χ3v) is 2.05. The number of ether oxygens (including phenoxy) is 2. The summed E-state index contributed by atoms with van der Waals surface area (Å²) in [7, 11) is 5.36. The van der Waals surface area contributed by atoms with Gasteiger partial charge in [-0.25, -0.2) is 0 Å². The van der Waals surface area contributed by atoms with E-state index in [-0.39, 0.29) is 6.10 Å². The van der Waals surface area contributed by atoms with E-state index in [1.807, 2.05) is 27.9 Å². The smallest absolute Gasteiger partial charge is 0.323 e. The summed E-state index contributed by atoms with van der Waals surface area (Å²) in [5, 5.41) is 3.05. The molecule has 0 saturated carbocycles. The first-order valence-electron chi connectivity index (χ1n) is 5.89. The van der Waals surface area contributed by atoms with Gasteiger partial charge in [0, 0.05) is 27.7 Å². The van der Waals surface area contributed by atoms with Crippen LogP contribution in [0.2, 0.25) is 0 Å². The lowest BCUT2D eigenvalue weighted by Crippen LogP contribution is -2.21. The number of hydrogen-bond donors (Lipinski definition) is 1. The van der Waals surface area contributed by atoms with E-state index >= 15 is 0 Å². The van der Waals surface area contributed by atoms with Crippen LogP contribution < -0.4 is 15.0 Å². The average Bonchev–Trinajstić information content (AvgIpc) is 2.29. The lowest BCUT2D eigenvalue weighted by Gasteiger charge is -2.15. The third-order valence-electron chi connectivity index (χ3n) is 2.05. The largest absolute Gasteiger partial charge is 0.458 e. The van der Waals surface area contributed by atoms with Gasteiger partial charge in [0.25, 0.3) is 0 Å². The second-order valence-corrected chi connectivity index (χ2v) is 4.05. The van der Waals surface area contributed by atoms with E-state index in [1.165, 1.54) is 0 Å². The molecule has 0 aromatic carbocycles. The van der Waals surface area contributed by atoms with Gasteiger partial charge in [-0.05, 0) is 13.8 Å². The zero-order valence-electron chi connectivity index (χ0n) is 11.6. The Morgan fingerprint density at radius 3 is 2.56 bits per heavy atom. The molecule has 1 N–H and O–H groups in total. The lowest BCUT2D eigenvalue weighted by molar-refractivity contribution is 0.0855. The molecule has 1 rings (SSSR count). The van der Waals surface area contributed by atoms with Crippen LogP contribution in [0.15, 0.2) is 0 Å². The molecule has 1 unspecified atom stereocenters. The number of anilines is 2. The molecule has 0 aliphatic rings. The van der Waals surface area contributed by atoms with Gasteiger partial charge in [0.1, 0.15) is 6.10 Å². The minimum atomic E-state index is -0.109. The van der Waals surface area contributed by atoms with Gasteiger partial charge >= 0.3 is 6.01 Å². The van der Waals surface area contributed by atoms with Crippen LogP contribution in [0.3, 0.4) is 0 Å². The molecule has 0 spiro atoms. The Bertz CT molecular complexity index is 372. The Hall–Kier alpha value is -1.63. The summed E-state index contributed by atoms with van der Waals surface area (Å²) in [6.45, 7) is 5.10. The van der Waals surface area contributed by atoms with E-state index in [2.05, 4.69) is 20.3 Å². The van der Waals surface area contributed by atoms with Crippen LogP contribution in [0.1, 0.15) is 13.8 Å². The van der Waals surface area contributed by atoms with Gasteiger partial charge in [-0.1, -0.05) is 0 Å². The highest BCUT2D eigenvalue weighted by atomic mass is 16.5. The first-order valence-corrected chi connectivity index (χ1v) is 5.89. The molecule has 0 aliphatic carbocycles. The summed E-state index contributed by atoms with van der Waals surface area (Å²) in [4.78, 5) is 14.5. The average molecular weight is 255 g/mol. The monoisotopic (exact) mass is 255 g/mol. The van der Waals surface area contributed by atoms with E-state index in [9.17, 15) is 0 Å². The quantitative estimate of drug-likeness (QED) is 0.772. The van der Waals surface area contributed by atoms with Crippen molar-refractivity contribution >= 4 is 11.9 Å². The van der Waals surface area contributed by atoms with Crippen LogP contribution in [-0.4, -0.2) is 55.4 Å². The molecule has 0 bridgehead atoms. The Morgan fingerprint density at radius 1 is 1.28 bits per heavy atom. The highest BCUT2D eigenvalue weighted by Crippen LogP contribution is 2.14. The highest BCUT2D eigenvalue weighted by molar-refractivity contribution is 5.36. The van der Waals surface area contributed by atoms with Crippen LogP contribution in [0.4, 0.5) is 11.9 Å². The fourth-order valence-electron chi connectivity index (χ4n) is 1.28. The zero-order valence-corrected chi connectivity index (χ0v) is 11.6. The van der Waals surface area contributed by atoms with E-state index < -0.39 is 0 Å². The molecule has 1 aromatic rings. The van der Waals surface area contributed by atoms with E-state index in [0.29, 0.717) is 24.5 Å². The maximum atomic E-state index is 5.58. The molecule has 0 aliphatic heterocycles. The second kappa shape index (κ2) is 6.95. The Kier molecular flexibility index (Phi) is 5.57. The Labute approximate surface area is 108 Å². The molecular weight excluding hydrogens is 234 g/mol. The van der Waals surface area contributed by atoms with Gasteiger partial charge in [-0.3, -0.25) is 0 Å². The molecule has 7 heteroatoms. The Morgan fingerprint density at radius 2 is 2.00 bits per heavy atom. The number of nitrogens with zero attached hydrogens (tertiary/aromatic N) is 4. The van der Waals surface area contributed by atoms with Gasteiger partial charge < -0.3 is 19.7 Å². The molecular formula is C11H21N5O2. The van der Waals surface area contributed by atoms with Crippen LogP contribution in [-0.2, 0) is 4.74 Å². The van der Waals surface area contributed by atoms with Crippen LogP contribution in [0, 0.1) is 0 Å². The van der Waals surface area contributed by atoms with Crippen molar-refractivity contribution in [1.29, 1.82) is 0 Å². The number of aromatic nitrogens is 3. The summed E-state index contributed by atoms with van der Waals surface area (Å²) < 4.78 is 10.6. The fraction of sp³-hybridized carbons (Fsp3) is 0.727. The number of nitrogens with one attached hydrogen (secondary N) is 1. The van der Waals surface area contributed by atoms with Gasteiger partial charge in [0.2, 0.25) is 11.9 Å². The van der Waals surface area contributed by atoms with Crippen molar-refractivity contribution in [2.75, 3.05) is 44.6 Å². The highest BCUT2D eigenvalue weighted by Gasteiger charge is 2.11. The second-order valence-electron chi connectivity index (χ2n) is 4.05. The number of hydrogen-bond acceptors (Lipinski definition) is 7. The topological polar surface area (TPSA) is 72.4 Å². The van der Waals surface area contributed by atoms with Crippen LogP contribution in [0.5, 0.6) is 6.01 Å². The molecule has 0 amide bonds. The molecule has 7 nitrogen and oxygen atoms in total. The first-order chi connectivity index (χ1) is 8.56. The van der Waals surface area contributed by atoms with Crippen LogP contribution in [0.25, 0.3) is 0 Å². The summed E-state index contributed by atoms with van der Waals surface area (Å²) in [6.07, 6.45) is -0.109. The molecule has 1 aromatic heterocycles. The lowest BCUT2D eigenvalue weighted by atomic mass is 10.4. The van der Waals surface area contributed by atoms with Crippen molar-refractivity contribution < 1.29 is 9.47 Å². The van der Waals surface area contributed by atoms with E-state index in [1.54, 1.807) is 12.0 Å². The molecule has 1 heterocycles. The predicted molar refractivity (Wildman–Crippen MR) is 70.3 cm³/mol. The van der Waals surface area contributed by atoms with Gasteiger partial charge in [0.05, 0.1) is 6.61 Å². The van der Waals surface area contributed by atoms with Crippen molar-refractivity contribution in [2.24, 2.45) is 0 Å². The first kappa shape index (κ1) is 14.4. The Balaban J connectivity index is 2.88. The molecule has 0 radical (unpaired) electrons. The molecule has 18 heavy (non-hydrogen) atoms. The van der Waals surface area contributed by atoms with Gasteiger partial charge in [-0.15, -0.1) is 0 Å². The third kappa shape index (κ3) is 4.33. The predicted octanol–water partition coefficient (Wildman–Crippen LogP) is 0.783. The van der Waals surface area contributed by atoms with Crippen molar-refractivity contribution in [3.8, 4) is 6.01 Å². The summed E-state index contributed by atoms with van der Waals surface area (Å²) >= 11 is 0. The van der Waals surface area contributed by atoms with Crippen molar-refractivity contribution in [2.45, 2.75) is 20.0 Å². The molecule has 102 valence electrons. The standard InChI is InChI=1S/C11H21N5O2/c1-6-12-9-13-10(16(3)4)15-11(14-9)18-8(2)7-17-5/h8H,6-7H2,1-5H3,(H,12,13,14,15). The molecule has 1 atom stereocenters. The number of rotatable bonds is 7. The minimum Gasteiger partial charge on any atom is -0.458 e. The van der Waals surface area contributed by atoms with Crippen molar-refractivity contribution in [3.05, 3.63) is 0 Å². The minimum absolute atomic E-state index is 0.109. The van der Waals surface area contributed by atoms with Crippen molar-refractivity contribution in [1.82, 2.24) is 15.0 Å². The van der Waals surface area contributed by atoms with E-state index in [0.717, 1.165) is 6.54 Å². The summed E-state index contributed by atoms with van der Waals surface area (Å²) in [5.41, 5.74) is 0.